The second-order valence-electron chi connectivity index (χ2n) is 3.66. The molecule has 0 aromatic carbocycles. The zero-order chi connectivity index (χ0) is 10.2. The van der Waals surface area contributed by atoms with E-state index in [2.05, 4.69) is 29.2 Å². The highest BCUT2D eigenvalue weighted by Crippen LogP contribution is 1.98. The summed E-state index contributed by atoms with van der Waals surface area (Å²) < 4.78 is 1.85. The lowest BCUT2D eigenvalue weighted by molar-refractivity contribution is 0.464. The van der Waals surface area contributed by atoms with E-state index in [4.69, 9.17) is 0 Å². The molecule has 1 atom stereocenters. The molecule has 1 heterocycles. The summed E-state index contributed by atoms with van der Waals surface area (Å²) in [6.45, 7) is 6.32. The van der Waals surface area contributed by atoms with Gasteiger partial charge in [0.05, 0.1) is 6.54 Å². The van der Waals surface area contributed by atoms with Crippen LogP contribution in [0.25, 0.3) is 0 Å². The minimum atomic E-state index is 0.610. The molecule has 0 fully saturated rings. The molecular weight excluding hydrogens is 176 g/mol. The van der Waals surface area contributed by atoms with Crippen molar-refractivity contribution in [2.24, 2.45) is 0 Å². The number of nitrogens with one attached hydrogen (secondary N) is 1. The van der Waals surface area contributed by atoms with Gasteiger partial charge in [0.2, 0.25) is 0 Å². The maximum atomic E-state index is 4.04. The first-order valence-electron chi connectivity index (χ1n) is 5.38. The van der Waals surface area contributed by atoms with Crippen LogP contribution < -0.4 is 5.32 Å². The Labute approximate surface area is 85.7 Å². The van der Waals surface area contributed by atoms with Crippen molar-refractivity contribution in [3.63, 3.8) is 0 Å². The van der Waals surface area contributed by atoms with E-state index in [0.717, 1.165) is 13.1 Å². The smallest absolute Gasteiger partial charge is 0.137 e. The van der Waals surface area contributed by atoms with Gasteiger partial charge in [0.15, 0.2) is 0 Å². The average Bonchev–Trinajstić information content (AvgIpc) is 2.67. The van der Waals surface area contributed by atoms with Crippen molar-refractivity contribution in [2.45, 2.75) is 45.7 Å². The van der Waals surface area contributed by atoms with Gasteiger partial charge in [-0.2, -0.15) is 5.10 Å². The summed E-state index contributed by atoms with van der Waals surface area (Å²) in [5.74, 6) is 0. The van der Waals surface area contributed by atoms with Crippen LogP contribution in [0.15, 0.2) is 12.7 Å². The Balaban J connectivity index is 2.03. The molecule has 1 aromatic heterocycles. The lowest BCUT2D eigenvalue weighted by atomic mass is 10.1. The first kappa shape index (κ1) is 11.2. The molecule has 0 saturated heterocycles. The minimum Gasteiger partial charge on any atom is -0.312 e. The third kappa shape index (κ3) is 4.37. The van der Waals surface area contributed by atoms with Gasteiger partial charge < -0.3 is 5.32 Å². The summed E-state index contributed by atoms with van der Waals surface area (Å²) in [5, 5.41) is 7.51. The molecule has 1 aromatic rings. The Morgan fingerprint density at radius 3 is 3.00 bits per heavy atom. The van der Waals surface area contributed by atoms with Crippen LogP contribution in [0.1, 0.15) is 33.1 Å². The first-order valence-corrected chi connectivity index (χ1v) is 5.38. The summed E-state index contributed by atoms with van der Waals surface area (Å²) in [7, 11) is 0. The Morgan fingerprint density at radius 2 is 2.36 bits per heavy atom. The molecule has 0 aliphatic carbocycles. The molecule has 14 heavy (non-hydrogen) atoms. The van der Waals surface area contributed by atoms with Crippen LogP contribution in [0.4, 0.5) is 0 Å². The van der Waals surface area contributed by atoms with Gasteiger partial charge >= 0.3 is 0 Å². The lowest BCUT2D eigenvalue weighted by Gasteiger charge is -2.12. The molecule has 0 aliphatic rings. The summed E-state index contributed by atoms with van der Waals surface area (Å²) in [4.78, 5) is 3.89. The predicted octanol–water partition coefficient (Wildman–Crippen LogP) is 1.45. The van der Waals surface area contributed by atoms with Crippen molar-refractivity contribution < 1.29 is 0 Å². The monoisotopic (exact) mass is 196 g/mol. The highest BCUT2D eigenvalue weighted by Gasteiger charge is 1.99. The zero-order valence-corrected chi connectivity index (χ0v) is 9.11. The van der Waals surface area contributed by atoms with Gasteiger partial charge in [-0.05, 0) is 13.3 Å². The normalized spacial score (nSPS) is 13.0. The summed E-state index contributed by atoms with van der Waals surface area (Å²) in [6, 6.07) is 0.610. The van der Waals surface area contributed by atoms with E-state index in [9.17, 15) is 0 Å². The zero-order valence-electron chi connectivity index (χ0n) is 9.11. The van der Waals surface area contributed by atoms with Crippen LogP contribution in [-0.2, 0) is 6.54 Å². The highest BCUT2D eigenvalue weighted by molar-refractivity contribution is 4.62. The minimum absolute atomic E-state index is 0.610. The van der Waals surface area contributed by atoms with Gasteiger partial charge in [0.25, 0.3) is 0 Å². The number of aromatic nitrogens is 3. The topological polar surface area (TPSA) is 42.7 Å². The summed E-state index contributed by atoms with van der Waals surface area (Å²) in [6.07, 6.45) is 7.15. The SMILES string of the molecule is CCCCC(C)NCCn1cncn1. The number of nitrogens with zero attached hydrogens (tertiary/aromatic N) is 3. The van der Waals surface area contributed by atoms with Crippen molar-refractivity contribution in [2.75, 3.05) is 6.54 Å². The fourth-order valence-corrected chi connectivity index (χ4v) is 1.39. The molecule has 4 nitrogen and oxygen atoms in total. The fourth-order valence-electron chi connectivity index (χ4n) is 1.39. The van der Waals surface area contributed by atoms with Crippen molar-refractivity contribution in [1.29, 1.82) is 0 Å². The van der Waals surface area contributed by atoms with Crippen LogP contribution in [0.3, 0.4) is 0 Å². The second kappa shape index (κ2) is 6.54. The van der Waals surface area contributed by atoms with E-state index >= 15 is 0 Å². The number of rotatable bonds is 7. The molecule has 1 unspecified atom stereocenters. The number of unbranched alkanes of at least 4 members (excludes halogenated alkanes) is 1. The van der Waals surface area contributed by atoms with E-state index in [1.165, 1.54) is 19.3 Å². The third-order valence-corrected chi connectivity index (χ3v) is 2.29. The van der Waals surface area contributed by atoms with E-state index in [-0.39, 0.29) is 0 Å². The lowest BCUT2D eigenvalue weighted by Crippen LogP contribution is -2.29. The number of hydrogen-bond donors (Lipinski definition) is 1. The van der Waals surface area contributed by atoms with Gasteiger partial charge in [-0.15, -0.1) is 0 Å². The maximum absolute atomic E-state index is 4.04. The summed E-state index contributed by atoms with van der Waals surface area (Å²) >= 11 is 0. The molecule has 0 aliphatic heterocycles. The van der Waals surface area contributed by atoms with Gasteiger partial charge in [-0.3, -0.25) is 4.68 Å². The average molecular weight is 196 g/mol. The van der Waals surface area contributed by atoms with Crippen molar-refractivity contribution in [1.82, 2.24) is 20.1 Å². The predicted molar refractivity (Wildman–Crippen MR) is 57.0 cm³/mol. The van der Waals surface area contributed by atoms with Crippen LogP contribution in [0, 0.1) is 0 Å². The largest absolute Gasteiger partial charge is 0.312 e. The first-order chi connectivity index (χ1) is 6.83. The van der Waals surface area contributed by atoms with E-state index in [0.29, 0.717) is 6.04 Å². The van der Waals surface area contributed by atoms with Gasteiger partial charge in [0, 0.05) is 12.6 Å². The Kier molecular flexibility index (Phi) is 5.22. The van der Waals surface area contributed by atoms with Crippen molar-refractivity contribution in [3.8, 4) is 0 Å². The van der Waals surface area contributed by atoms with E-state index in [1.54, 1.807) is 12.7 Å². The van der Waals surface area contributed by atoms with Gasteiger partial charge in [-0.25, -0.2) is 4.98 Å². The quantitative estimate of drug-likeness (QED) is 0.717. The van der Waals surface area contributed by atoms with Crippen LogP contribution >= 0.6 is 0 Å². The molecule has 1 N–H and O–H groups in total. The molecule has 80 valence electrons. The molecule has 4 heteroatoms. The van der Waals surface area contributed by atoms with Crippen molar-refractivity contribution >= 4 is 0 Å². The third-order valence-electron chi connectivity index (χ3n) is 2.29. The van der Waals surface area contributed by atoms with Gasteiger partial charge in [0.1, 0.15) is 12.7 Å². The van der Waals surface area contributed by atoms with E-state index < -0.39 is 0 Å². The molecule has 0 saturated carbocycles. The number of hydrogen-bond acceptors (Lipinski definition) is 3. The molecule has 1 rings (SSSR count). The standard InChI is InChI=1S/C10H20N4/c1-3-4-5-10(2)12-6-7-14-9-11-8-13-14/h8-10,12H,3-7H2,1-2H3. The molecule has 0 bridgehead atoms. The molecule has 0 radical (unpaired) electrons. The Hall–Kier alpha value is -0.900. The van der Waals surface area contributed by atoms with Crippen LogP contribution in [0.2, 0.25) is 0 Å². The molecule has 0 amide bonds. The van der Waals surface area contributed by atoms with Crippen molar-refractivity contribution in [3.05, 3.63) is 12.7 Å². The van der Waals surface area contributed by atoms with Gasteiger partial charge in [-0.1, -0.05) is 19.8 Å². The Bertz CT molecular complexity index is 220. The van der Waals surface area contributed by atoms with Crippen LogP contribution in [0.5, 0.6) is 0 Å². The molecule has 0 spiro atoms. The summed E-state index contributed by atoms with van der Waals surface area (Å²) in [5.41, 5.74) is 0. The molecular formula is C10H20N4. The van der Waals surface area contributed by atoms with Crippen LogP contribution in [-0.4, -0.2) is 27.4 Å². The van der Waals surface area contributed by atoms with E-state index in [1.807, 2.05) is 4.68 Å². The highest BCUT2D eigenvalue weighted by atomic mass is 15.3. The Morgan fingerprint density at radius 1 is 1.50 bits per heavy atom. The second-order valence-corrected chi connectivity index (χ2v) is 3.66. The fraction of sp³-hybridized carbons (Fsp3) is 0.800. The maximum Gasteiger partial charge on any atom is 0.137 e.